The zero-order chi connectivity index (χ0) is 24.4. The number of phenols is 1. The van der Waals surface area contributed by atoms with Crippen LogP contribution in [0.4, 0.5) is 27.5 Å². The van der Waals surface area contributed by atoms with Crippen LogP contribution >= 0.6 is 0 Å². The van der Waals surface area contributed by atoms with Crippen molar-refractivity contribution in [3.63, 3.8) is 0 Å². The lowest BCUT2D eigenvalue weighted by molar-refractivity contribution is 0.312. The molecule has 1 saturated heterocycles. The van der Waals surface area contributed by atoms with Gasteiger partial charge in [0.1, 0.15) is 23.1 Å². The molecule has 0 bridgehead atoms. The molecule has 4 aromatic rings. The van der Waals surface area contributed by atoms with Gasteiger partial charge in [-0.15, -0.1) is 4.91 Å². The second-order valence-corrected chi connectivity index (χ2v) is 8.31. The number of fused-ring (bicyclic) bond motifs is 1. The number of nitroso groups, excluding NO2 is 1. The lowest BCUT2D eigenvalue weighted by atomic mass is 10.1. The van der Waals surface area contributed by atoms with Crippen LogP contribution in [-0.2, 0) is 0 Å². The average Bonchev–Trinajstić information content (AvgIpc) is 3.33. The van der Waals surface area contributed by atoms with E-state index < -0.39 is 0 Å². The molecular formula is C25H23FN6O3. The van der Waals surface area contributed by atoms with Gasteiger partial charge in [-0.2, -0.15) is 0 Å². The van der Waals surface area contributed by atoms with E-state index in [1.165, 1.54) is 12.1 Å². The number of rotatable bonds is 6. The minimum absolute atomic E-state index is 0.0222. The average molecular weight is 474 g/mol. The molecule has 1 aliphatic rings. The normalized spacial score (nSPS) is 14.6. The van der Waals surface area contributed by atoms with E-state index in [1.807, 2.05) is 11.9 Å². The van der Waals surface area contributed by atoms with Crippen molar-refractivity contribution in [1.82, 2.24) is 14.9 Å². The topological polar surface area (TPSA) is 107 Å². The molecule has 1 fully saturated rings. The minimum Gasteiger partial charge on any atom is -0.508 e. The summed E-state index contributed by atoms with van der Waals surface area (Å²) >= 11 is 0. The van der Waals surface area contributed by atoms with E-state index in [-0.39, 0.29) is 17.5 Å². The van der Waals surface area contributed by atoms with Gasteiger partial charge >= 0.3 is 0 Å². The Kier molecular flexibility index (Phi) is 6.11. The Balaban J connectivity index is 1.56. The molecule has 3 heterocycles. The van der Waals surface area contributed by atoms with Crippen LogP contribution < -0.4 is 10.2 Å². The van der Waals surface area contributed by atoms with Gasteiger partial charge in [0.15, 0.2) is 5.82 Å². The third-order valence-corrected chi connectivity index (χ3v) is 5.85. The van der Waals surface area contributed by atoms with Gasteiger partial charge in [0, 0.05) is 48.5 Å². The molecule has 5 rings (SSSR count). The van der Waals surface area contributed by atoms with Gasteiger partial charge in [-0.05, 0) is 61.7 Å². The number of halogens is 1. The number of hydrogen-bond acceptors (Lipinski definition) is 9. The summed E-state index contributed by atoms with van der Waals surface area (Å²) in [5.41, 5.74) is 1.75. The largest absolute Gasteiger partial charge is 0.508 e. The van der Waals surface area contributed by atoms with Crippen LogP contribution in [0.25, 0.3) is 23.1 Å². The molecule has 9 nitrogen and oxygen atoms in total. The molecular weight excluding hydrogens is 451 g/mol. The SMILES string of the molecule is CN1CCN(c2cc3nc(/C=C/c4ccc(N=O)o4)nc(Nc4ccc(O)cc4)c3cc2F)CC1. The first-order chi connectivity index (χ1) is 17.0. The molecule has 35 heavy (non-hydrogen) atoms. The van der Waals surface area contributed by atoms with E-state index in [2.05, 4.69) is 25.4 Å². The van der Waals surface area contributed by atoms with Crippen molar-refractivity contribution in [2.75, 3.05) is 43.4 Å². The van der Waals surface area contributed by atoms with E-state index >= 15 is 4.39 Å². The van der Waals surface area contributed by atoms with Crippen LogP contribution in [0.3, 0.4) is 0 Å². The van der Waals surface area contributed by atoms with Crippen molar-refractivity contribution in [2.45, 2.75) is 0 Å². The van der Waals surface area contributed by atoms with Gasteiger partial charge in [-0.25, -0.2) is 14.4 Å². The number of hydrogen-bond donors (Lipinski definition) is 2. The van der Waals surface area contributed by atoms with Crippen LogP contribution in [-0.4, -0.2) is 53.2 Å². The minimum atomic E-state index is -0.341. The summed E-state index contributed by atoms with van der Waals surface area (Å²) in [6, 6.07) is 12.8. The first-order valence-electron chi connectivity index (χ1n) is 11.1. The van der Waals surface area contributed by atoms with Gasteiger partial charge in [-0.1, -0.05) is 0 Å². The predicted molar refractivity (Wildman–Crippen MR) is 134 cm³/mol. The number of nitrogens with zero attached hydrogens (tertiary/aromatic N) is 5. The summed E-state index contributed by atoms with van der Waals surface area (Å²) in [6.45, 7) is 3.15. The van der Waals surface area contributed by atoms with E-state index in [4.69, 9.17) is 4.42 Å². The van der Waals surface area contributed by atoms with E-state index in [0.717, 1.165) is 26.2 Å². The maximum Gasteiger partial charge on any atom is 0.260 e. The molecule has 0 spiro atoms. The van der Waals surface area contributed by atoms with Crippen LogP contribution in [0.15, 0.2) is 58.1 Å². The van der Waals surface area contributed by atoms with Crippen molar-refractivity contribution in [2.24, 2.45) is 5.18 Å². The highest BCUT2D eigenvalue weighted by Gasteiger charge is 2.20. The zero-order valence-electron chi connectivity index (χ0n) is 19.0. The molecule has 10 heteroatoms. The predicted octanol–water partition coefficient (Wildman–Crippen LogP) is 5.13. The number of aromatic nitrogens is 2. The fraction of sp³-hybridized carbons (Fsp3) is 0.200. The number of likely N-dealkylation sites (N-methyl/N-ethyl adjacent to an activating group) is 1. The fourth-order valence-electron chi connectivity index (χ4n) is 3.93. The van der Waals surface area contributed by atoms with Crippen LogP contribution in [0.1, 0.15) is 11.6 Å². The van der Waals surface area contributed by atoms with Crippen LogP contribution in [0.5, 0.6) is 5.75 Å². The first-order valence-corrected chi connectivity index (χ1v) is 11.1. The number of nitrogens with one attached hydrogen (secondary N) is 1. The molecule has 1 aliphatic heterocycles. The molecule has 2 N–H and O–H groups in total. The number of benzene rings is 2. The summed E-state index contributed by atoms with van der Waals surface area (Å²) in [6.07, 6.45) is 3.28. The Hall–Kier alpha value is -4.31. The van der Waals surface area contributed by atoms with Gasteiger partial charge in [-0.3, -0.25) is 0 Å². The van der Waals surface area contributed by atoms with Crippen molar-refractivity contribution < 1.29 is 13.9 Å². The second kappa shape index (κ2) is 9.51. The highest BCUT2D eigenvalue weighted by molar-refractivity contribution is 5.94. The smallest absolute Gasteiger partial charge is 0.260 e. The summed E-state index contributed by atoms with van der Waals surface area (Å²) in [5.74, 6) is 0.981. The second-order valence-electron chi connectivity index (χ2n) is 8.31. The standard InChI is InChI=1S/C25H23FN6O3/c1-31-10-12-32(13-11-31)22-15-21-19(14-20(22)26)25(27-16-2-4-17(33)5-3-16)29-23(28-21)8-6-18-7-9-24(30-34)35-18/h2-9,14-15,33H,10-13H2,1H3,(H,27,28,29)/b8-6+. The maximum atomic E-state index is 15.2. The van der Waals surface area contributed by atoms with Crippen molar-refractivity contribution in [3.05, 3.63) is 70.8 Å². The van der Waals surface area contributed by atoms with Crippen LogP contribution in [0, 0.1) is 10.7 Å². The van der Waals surface area contributed by atoms with Gasteiger partial charge in [0.05, 0.1) is 11.2 Å². The highest BCUT2D eigenvalue weighted by atomic mass is 19.1. The molecule has 0 atom stereocenters. The molecule has 0 saturated carbocycles. The Morgan fingerprint density at radius 2 is 1.83 bits per heavy atom. The Morgan fingerprint density at radius 1 is 1.06 bits per heavy atom. The summed E-state index contributed by atoms with van der Waals surface area (Å²) in [7, 11) is 2.05. The number of piperazine rings is 1. The number of furan rings is 1. The van der Waals surface area contributed by atoms with E-state index in [9.17, 15) is 10.0 Å². The number of phenolic OH excluding ortho intramolecular Hbond substituents is 1. The lowest BCUT2D eigenvalue weighted by Gasteiger charge is -2.34. The number of aromatic hydroxyl groups is 1. The summed E-state index contributed by atoms with van der Waals surface area (Å²) in [4.78, 5) is 24.1. The molecule has 178 valence electrons. The van der Waals surface area contributed by atoms with Gasteiger partial charge in [0.25, 0.3) is 5.88 Å². The van der Waals surface area contributed by atoms with Crippen LogP contribution in [0.2, 0.25) is 0 Å². The summed E-state index contributed by atoms with van der Waals surface area (Å²) < 4.78 is 20.5. The van der Waals surface area contributed by atoms with Crippen molar-refractivity contribution in [1.29, 1.82) is 0 Å². The highest BCUT2D eigenvalue weighted by Crippen LogP contribution is 2.31. The molecule has 0 unspecified atom stereocenters. The summed E-state index contributed by atoms with van der Waals surface area (Å²) in [5, 5.41) is 16.1. The zero-order valence-corrected chi connectivity index (χ0v) is 19.0. The van der Waals surface area contributed by atoms with Gasteiger partial charge < -0.3 is 24.6 Å². The third-order valence-electron chi connectivity index (χ3n) is 5.85. The van der Waals surface area contributed by atoms with Crippen molar-refractivity contribution in [3.8, 4) is 5.75 Å². The monoisotopic (exact) mass is 474 g/mol. The Labute approximate surface area is 200 Å². The van der Waals surface area contributed by atoms with E-state index in [1.54, 1.807) is 48.6 Å². The Morgan fingerprint density at radius 3 is 2.54 bits per heavy atom. The maximum absolute atomic E-state index is 15.2. The van der Waals surface area contributed by atoms with Gasteiger partial charge in [0.2, 0.25) is 0 Å². The quantitative estimate of drug-likeness (QED) is 0.293. The molecule has 0 radical (unpaired) electrons. The molecule has 2 aromatic heterocycles. The van der Waals surface area contributed by atoms with E-state index in [0.29, 0.717) is 39.7 Å². The Bertz CT molecular complexity index is 1390. The lowest BCUT2D eigenvalue weighted by Crippen LogP contribution is -2.44. The first kappa shape index (κ1) is 22.5. The fourth-order valence-corrected chi connectivity index (χ4v) is 3.93. The molecule has 0 aliphatic carbocycles. The molecule has 2 aromatic carbocycles. The van der Waals surface area contributed by atoms with Crippen molar-refractivity contribution >= 4 is 46.1 Å². The number of anilines is 3. The molecule has 0 amide bonds. The third kappa shape index (κ3) is 4.97.